The van der Waals surface area contributed by atoms with E-state index in [1.54, 1.807) is 0 Å². The quantitative estimate of drug-likeness (QED) is 0.156. The fourth-order valence-corrected chi connectivity index (χ4v) is 9.17. The highest BCUT2D eigenvalue weighted by atomic mass is 32.1. The summed E-state index contributed by atoms with van der Waals surface area (Å²) in [6.07, 6.45) is 0.0556. The van der Waals surface area contributed by atoms with Gasteiger partial charge in [-0.1, -0.05) is 111 Å². The van der Waals surface area contributed by atoms with E-state index in [1.807, 2.05) is 11.3 Å². The summed E-state index contributed by atoms with van der Waals surface area (Å²) in [5, 5.41) is 11.8. The molecule has 2 nitrogen and oxygen atoms in total. The summed E-state index contributed by atoms with van der Waals surface area (Å²) in [7, 11) is 0. The number of fused-ring (bicyclic) bond motifs is 10. The summed E-state index contributed by atoms with van der Waals surface area (Å²) in [6, 6.07) is 51.7. The lowest BCUT2D eigenvalue weighted by molar-refractivity contribution is -0.531. The van der Waals surface area contributed by atoms with Crippen molar-refractivity contribution in [2.45, 2.75) is 25.4 Å². The lowest BCUT2D eigenvalue weighted by Crippen LogP contribution is -2.51. The highest BCUT2D eigenvalue weighted by Crippen LogP contribution is 2.49. The van der Waals surface area contributed by atoms with Crippen LogP contribution in [0.4, 0.5) is 5.69 Å². The summed E-state index contributed by atoms with van der Waals surface area (Å²) in [6.45, 7) is 4.71. The number of nitrogens with zero attached hydrogens (tertiary/aromatic N) is 1. The standard InChI is InChI=1S/C43H30N2S/c1-43(2)35-14-8-6-12-32(35)33-21-18-29(25-36(33)43)42-44-41(27-10-4-3-5-11-27)45(42)30-20-22-31-28(24-30)17-16-26-19-23-38-40(39(26)31)34-13-7-9-15-37(34)46-38/h3-25,41H,1-2H3/p+1. The predicted molar refractivity (Wildman–Crippen MR) is 195 cm³/mol. The molecule has 1 atom stereocenters. The van der Waals surface area contributed by atoms with Crippen LogP contribution in [-0.2, 0) is 5.41 Å². The Balaban J connectivity index is 1.18. The number of nitrogens with one attached hydrogen (secondary N) is 1. The molecule has 8 aromatic rings. The van der Waals surface area contributed by atoms with Gasteiger partial charge in [0.2, 0.25) is 0 Å². The number of hydrogen-bond donors (Lipinski definition) is 1. The van der Waals surface area contributed by atoms with Gasteiger partial charge < -0.3 is 0 Å². The van der Waals surface area contributed by atoms with Crippen molar-refractivity contribution in [1.82, 2.24) is 5.32 Å². The molecule has 46 heavy (non-hydrogen) atoms. The summed E-state index contributed by atoms with van der Waals surface area (Å²) < 4.78 is 5.17. The second-order valence-corrected chi connectivity index (χ2v) is 14.3. The smallest absolute Gasteiger partial charge is 0.229 e. The van der Waals surface area contributed by atoms with Crippen molar-refractivity contribution in [1.29, 1.82) is 0 Å². The average Bonchev–Trinajstić information content (AvgIpc) is 3.57. The third-order valence-electron chi connectivity index (χ3n) is 10.3. The van der Waals surface area contributed by atoms with Crippen molar-refractivity contribution < 1.29 is 4.58 Å². The van der Waals surface area contributed by atoms with Gasteiger partial charge in [0.1, 0.15) is 5.69 Å². The number of rotatable bonds is 3. The Morgan fingerprint density at radius 2 is 1.35 bits per heavy atom. The Bertz CT molecular complexity index is 2590. The maximum absolute atomic E-state index is 3.86. The molecule has 0 saturated carbocycles. The first-order chi connectivity index (χ1) is 22.6. The van der Waals surface area contributed by atoms with Crippen molar-refractivity contribution in [3.05, 3.63) is 162 Å². The highest BCUT2D eigenvalue weighted by molar-refractivity contribution is 7.26. The average molecular weight is 608 g/mol. The second kappa shape index (κ2) is 9.38. The number of benzene rings is 7. The van der Waals surface area contributed by atoms with Crippen LogP contribution >= 0.6 is 11.3 Å². The van der Waals surface area contributed by atoms with Gasteiger partial charge in [0.15, 0.2) is 0 Å². The van der Waals surface area contributed by atoms with E-state index in [0.29, 0.717) is 0 Å². The van der Waals surface area contributed by atoms with Crippen molar-refractivity contribution >= 4 is 64.6 Å². The van der Waals surface area contributed by atoms with Gasteiger partial charge in [-0.25, -0.2) is 5.32 Å². The number of thiophene rings is 1. The molecule has 0 fully saturated rings. The molecule has 0 bridgehead atoms. The van der Waals surface area contributed by atoms with E-state index in [1.165, 1.54) is 80.8 Å². The van der Waals surface area contributed by atoms with Gasteiger partial charge in [0.25, 0.3) is 12.0 Å². The molecule has 1 aliphatic carbocycles. The lowest BCUT2D eigenvalue weighted by atomic mass is 9.82. The molecule has 2 aliphatic rings. The molecule has 1 aliphatic heterocycles. The molecule has 0 radical (unpaired) electrons. The summed E-state index contributed by atoms with van der Waals surface area (Å²) in [5.41, 5.74) is 9.12. The van der Waals surface area contributed by atoms with E-state index >= 15 is 0 Å². The first-order valence-corrected chi connectivity index (χ1v) is 16.9. The third kappa shape index (κ3) is 3.55. The van der Waals surface area contributed by atoms with E-state index < -0.39 is 0 Å². The molecule has 0 spiro atoms. The molecule has 218 valence electrons. The second-order valence-electron chi connectivity index (χ2n) is 13.2. The van der Waals surface area contributed by atoms with Crippen LogP contribution in [0, 0.1) is 0 Å². The number of hydrogen-bond acceptors (Lipinski definition) is 2. The Kier molecular flexibility index (Phi) is 5.31. The monoisotopic (exact) mass is 607 g/mol. The van der Waals surface area contributed by atoms with Gasteiger partial charge in [0, 0.05) is 31.2 Å². The maximum Gasteiger partial charge on any atom is 0.289 e. The predicted octanol–water partition coefficient (Wildman–Crippen LogP) is 11.1. The van der Waals surface area contributed by atoms with E-state index in [2.05, 4.69) is 163 Å². The molecular formula is C43H31N2S+. The third-order valence-corrected chi connectivity index (χ3v) is 11.5. The minimum atomic E-state index is -0.0446. The SMILES string of the molecule is CC1(C)c2ccccc2-c2ccc(C3=[N+](c4ccc5c(ccc6ccc7sc8ccccc8c7c65)c4)C(c4ccccc4)N3)cc21. The lowest BCUT2D eigenvalue weighted by Gasteiger charge is -2.30. The minimum absolute atomic E-state index is 0.0446. The van der Waals surface area contributed by atoms with Crippen LogP contribution < -0.4 is 5.32 Å². The van der Waals surface area contributed by atoms with E-state index in [-0.39, 0.29) is 11.6 Å². The summed E-state index contributed by atoms with van der Waals surface area (Å²) >= 11 is 1.89. The molecule has 7 aromatic carbocycles. The van der Waals surface area contributed by atoms with Gasteiger partial charge in [-0.2, -0.15) is 4.58 Å². The fraction of sp³-hybridized carbons (Fsp3) is 0.0930. The highest BCUT2D eigenvalue weighted by Gasteiger charge is 2.42. The van der Waals surface area contributed by atoms with Gasteiger partial charge in [-0.3, -0.25) is 0 Å². The van der Waals surface area contributed by atoms with E-state index in [4.69, 9.17) is 0 Å². The fourth-order valence-electron chi connectivity index (χ4n) is 8.05. The first-order valence-electron chi connectivity index (χ1n) is 16.1. The molecular weight excluding hydrogens is 577 g/mol. The number of amidine groups is 1. The molecule has 1 unspecified atom stereocenters. The van der Waals surface area contributed by atoms with Gasteiger partial charge in [-0.15, -0.1) is 11.3 Å². The Morgan fingerprint density at radius 3 is 2.26 bits per heavy atom. The van der Waals surface area contributed by atoms with Crippen molar-refractivity contribution in [3.63, 3.8) is 0 Å². The van der Waals surface area contributed by atoms with Crippen LogP contribution in [0.5, 0.6) is 0 Å². The van der Waals surface area contributed by atoms with Gasteiger partial charge in [-0.05, 0) is 86.3 Å². The Labute approximate surface area is 271 Å². The van der Waals surface area contributed by atoms with Crippen molar-refractivity contribution in [2.24, 2.45) is 0 Å². The molecule has 2 heterocycles. The normalized spacial score (nSPS) is 16.5. The summed E-state index contributed by atoms with van der Waals surface area (Å²) in [5.74, 6) is 1.15. The minimum Gasteiger partial charge on any atom is -0.229 e. The van der Waals surface area contributed by atoms with Crippen molar-refractivity contribution in [3.8, 4) is 11.1 Å². The largest absolute Gasteiger partial charge is 0.289 e. The maximum atomic E-state index is 3.86. The molecule has 3 heteroatoms. The topological polar surface area (TPSA) is 15.0 Å². The molecule has 1 N–H and O–H groups in total. The van der Waals surface area contributed by atoms with Crippen LogP contribution in [0.3, 0.4) is 0 Å². The molecule has 0 amide bonds. The van der Waals surface area contributed by atoms with Gasteiger partial charge in [0.05, 0.1) is 5.56 Å². The molecule has 10 rings (SSSR count). The summed E-state index contributed by atoms with van der Waals surface area (Å²) in [4.78, 5) is 0. The van der Waals surface area contributed by atoms with E-state index in [0.717, 1.165) is 5.84 Å². The first kappa shape index (κ1) is 26.0. The Hall–Kier alpha value is -5.25. The van der Waals surface area contributed by atoms with Gasteiger partial charge >= 0.3 is 0 Å². The van der Waals surface area contributed by atoms with Crippen LogP contribution in [-0.4, -0.2) is 10.4 Å². The van der Waals surface area contributed by atoms with Crippen LogP contribution in [0.15, 0.2) is 140 Å². The zero-order chi connectivity index (χ0) is 30.6. The molecule has 0 saturated heterocycles. The zero-order valence-electron chi connectivity index (χ0n) is 25.7. The van der Waals surface area contributed by atoms with Crippen molar-refractivity contribution in [2.75, 3.05) is 0 Å². The van der Waals surface area contributed by atoms with Crippen LogP contribution in [0.25, 0.3) is 52.8 Å². The Morgan fingerprint density at radius 1 is 0.587 bits per heavy atom. The zero-order valence-corrected chi connectivity index (χ0v) is 26.5. The van der Waals surface area contributed by atoms with Crippen LogP contribution in [0.2, 0.25) is 0 Å². The van der Waals surface area contributed by atoms with Crippen LogP contribution in [0.1, 0.15) is 42.3 Å². The van der Waals surface area contributed by atoms with E-state index in [9.17, 15) is 0 Å². The molecule has 1 aromatic heterocycles.